The van der Waals surface area contributed by atoms with Gasteiger partial charge >= 0.3 is 0 Å². The van der Waals surface area contributed by atoms with Gasteiger partial charge in [0.05, 0.1) is 12.7 Å². The summed E-state index contributed by atoms with van der Waals surface area (Å²) in [5.74, 6) is 0. The van der Waals surface area contributed by atoms with Gasteiger partial charge in [0, 0.05) is 0 Å². The summed E-state index contributed by atoms with van der Waals surface area (Å²) in [7, 11) is 0. The van der Waals surface area contributed by atoms with Crippen LogP contribution in [0, 0.1) is 0 Å². The predicted octanol–water partition coefficient (Wildman–Crippen LogP) is -4.37. The molecule has 0 aliphatic carbocycles. The number of aliphatic hydroxyl groups excluding tert-OH is 7. The van der Waals surface area contributed by atoms with E-state index in [1.807, 2.05) is 0 Å². The average Bonchev–Trinajstić information content (AvgIpc) is 2.47. The molecule has 0 bridgehead atoms. The second-order valence-electron chi connectivity index (χ2n) is 5.55. The normalized spacial score (nSPS) is 53.5. The Morgan fingerprint density at radius 3 is 2.00 bits per heavy atom. The quantitative estimate of drug-likeness (QED) is 0.269. The van der Waals surface area contributed by atoms with Crippen LogP contribution < -0.4 is 0 Å². The predicted molar refractivity (Wildman–Crippen MR) is 67.2 cm³/mol. The molecule has 0 aromatic carbocycles. The van der Waals surface area contributed by atoms with E-state index in [9.17, 15) is 35.7 Å². The van der Waals surface area contributed by atoms with E-state index in [0.29, 0.717) is 0 Å². The maximum Gasteiger partial charge on any atom is 0.184 e. The Bertz CT molecular complexity index is 368. The summed E-state index contributed by atoms with van der Waals surface area (Å²) in [6.45, 7) is 1.04. The minimum atomic E-state index is -1.71. The van der Waals surface area contributed by atoms with E-state index in [1.54, 1.807) is 0 Å². The van der Waals surface area contributed by atoms with Crippen LogP contribution in [0.3, 0.4) is 0 Å². The van der Waals surface area contributed by atoms with Gasteiger partial charge < -0.3 is 50.0 Å². The van der Waals surface area contributed by atoms with Gasteiger partial charge in [-0.3, -0.25) is 0 Å². The maximum absolute atomic E-state index is 9.86. The second kappa shape index (κ2) is 7.01. The fraction of sp³-hybridized carbons (Fsp3) is 1.00. The van der Waals surface area contributed by atoms with Crippen LogP contribution in [-0.4, -0.2) is 104 Å². The van der Waals surface area contributed by atoms with Gasteiger partial charge in [0.25, 0.3) is 0 Å². The number of rotatable bonds is 3. The van der Waals surface area contributed by atoms with Gasteiger partial charge in [-0.15, -0.1) is 0 Å². The highest BCUT2D eigenvalue weighted by Crippen LogP contribution is 2.24. The van der Waals surface area contributed by atoms with E-state index in [-0.39, 0.29) is 0 Å². The lowest BCUT2D eigenvalue weighted by atomic mass is 9.98. The van der Waals surface area contributed by atoms with Crippen molar-refractivity contribution in [2.45, 2.75) is 68.3 Å². The Kier molecular flexibility index (Phi) is 5.72. The fourth-order valence-corrected chi connectivity index (χ4v) is 2.47. The van der Waals surface area contributed by atoms with Crippen molar-refractivity contribution >= 4 is 0 Å². The molecule has 0 aromatic rings. The molecule has 7 N–H and O–H groups in total. The first-order chi connectivity index (χ1) is 10.2. The molecule has 0 spiro atoms. The molecule has 2 heterocycles. The Labute approximate surface area is 126 Å². The maximum atomic E-state index is 9.86. The lowest BCUT2D eigenvalue weighted by Gasteiger charge is -2.41. The molecule has 0 saturated carbocycles. The minimum Gasteiger partial charge on any atom is -0.388 e. The Morgan fingerprint density at radius 2 is 1.36 bits per heavy atom. The first-order valence-electron chi connectivity index (χ1n) is 6.93. The van der Waals surface area contributed by atoms with Crippen LogP contribution in [0.25, 0.3) is 0 Å². The van der Waals surface area contributed by atoms with Gasteiger partial charge in [-0.05, 0) is 6.92 Å². The molecule has 2 aliphatic rings. The molecule has 2 saturated heterocycles. The van der Waals surface area contributed by atoms with Crippen LogP contribution in [0.2, 0.25) is 0 Å². The number of hydrogen-bond donors (Lipinski definition) is 7. The van der Waals surface area contributed by atoms with Crippen LogP contribution in [0.4, 0.5) is 0 Å². The van der Waals surface area contributed by atoms with Gasteiger partial charge in [-0.1, -0.05) is 0 Å². The van der Waals surface area contributed by atoms with Gasteiger partial charge in [-0.2, -0.15) is 0 Å². The van der Waals surface area contributed by atoms with Crippen molar-refractivity contribution in [3.63, 3.8) is 0 Å². The molecule has 0 radical (unpaired) electrons. The Hall–Kier alpha value is -0.400. The molecule has 2 aliphatic heterocycles. The molecule has 22 heavy (non-hydrogen) atoms. The fourth-order valence-electron chi connectivity index (χ4n) is 2.47. The highest BCUT2D eigenvalue weighted by atomic mass is 16.7. The van der Waals surface area contributed by atoms with Crippen molar-refractivity contribution in [1.82, 2.24) is 0 Å². The van der Waals surface area contributed by atoms with Crippen molar-refractivity contribution in [2.24, 2.45) is 0 Å². The number of ether oxygens (including phenoxy) is 3. The number of hydrogen-bond acceptors (Lipinski definition) is 10. The standard InChI is InChI=1S/C12H22O10/c1-3-5(13)8(16)10(12(19)21-3)20-2-4-6(14)7(15)9(17)11(18)22-4/h3-19H,2H2,1H3/t3-,4-,5+,6-,7+,8+,9-,10-,11-,12-/m1/s1. The van der Waals surface area contributed by atoms with Gasteiger partial charge in [-0.25, -0.2) is 0 Å². The van der Waals surface area contributed by atoms with Crippen LogP contribution in [0.5, 0.6) is 0 Å². The molecule has 10 nitrogen and oxygen atoms in total. The SMILES string of the molecule is C[C@H]1O[C@@H](O)[C@H](OC[C@H]2O[C@@H](O)[C@H](O)[C@@H](O)[C@@H]2O)[C@@H](O)[C@H]1O. The van der Waals surface area contributed by atoms with E-state index < -0.39 is 68.0 Å². The summed E-state index contributed by atoms with van der Waals surface area (Å²) in [4.78, 5) is 0. The second-order valence-corrected chi connectivity index (χ2v) is 5.55. The zero-order valence-electron chi connectivity index (χ0n) is 11.8. The van der Waals surface area contributed by atoms with Crippen molar-refractivity contribution in [2.75, 3.05) is 6.61 Å². The lowest BCUT2D eigenvalue weighted by molar-refractivity contribution is -0.314. The Morgan fingerprint density at radius 1 is 0.727 bits per heavy atom. The molecule has 0 amide bonds. The third-order valence-corrected chi connectivity index (χ3v) is 3.94. The van der Waals surface area contributed by atoms with Crippen molar-refractivity contribution in [3.05, 3.63) is 0 Å². The summed E-state index contributed by atoms with van der Waals surface area (Å²) >= 11 is 0. The first-order valence-corrected chi connectivity index (χ1v) is 6.93. The monoisotopic (exact) mass is 326 g/mol. The molecule has 10 atom stereocenters. The van der Waals surface area contributed by atoms with Crippen LogP contribution in [0.1, 0.15) is 6.92 Å². The lowest BCUT2D eigenvalue weighted by Crippen LogP contribution is -2.61. The van der Waals surface area contributed by atoms with Crippen molar-refractivity contribution < 1.29 is 50.0 Å². The topological polar surface area (TPSA) is 169 Å². The summed E-state index contributed by atoms with van der Waals surface area (Å²) in [5.41, 5.74) is 0. The molecule has 10 heteroatoms. The molecule has 0 aromatic heterocycles. The number of aliphatic hydroxyl groups is 7. The highest BCUT2D eigenvalue weighted by molar-refractivity contribution is 4.91. The summed E-state index contributed by atoms with van der Waals surface area (Å²) in [6.07, 6.45) is -14.1. The van der Waals surface area contributed by atoms with E-state index >= 15 is 0 Å². The summed E-state index contributed by atoms with van der Waals surface area (Å²) in [5, 5.41) is 67.3. The van der Waals surface area contributed by atoms with Gasteiger partial charge in [0.2, 0.25) is 0 Å². The first kappa shape index (κ1) is 17.9. The molecule has 0 unspecified atom stereocenters. The van der Waals surface area contributed by atoms with Crippen molar-refractivity contribution in [3.8, 4) is 0 Å². The summed E-state index contributed by atoms with van der Waals surface area (Å²) < 4.78 is 15.1. The largest absolute Gasteiger partial charge is 0.388 e. The minimum absolute atomic E-state index is 0.425. The van der Waals surface area contributed by atoms with Crippen LogP contribution in [0.15, 0.2) is 0 Å². The van der Waals surface area contributed by atoms with E-state index in [1.165, 1.54) is 6.92 Å². The van der Waals surface area contributed by atoms with Crippen molar-refractivity contribution in [1.29, 1.82) is 0 Å². The third-order valence-electron chi connectivity index (χ3n) is 3.94. The van der Waals surface area contributed by atoms with Crippen LogP contribution >= 0.6 is 0 Å². The molecule has 2 rings (SSSR count). The molecular formula is C12H22O10. The Balaban J connectivity index is 1.94. The molecule has 2 fully saturated rings. The van der Waals surface area contributed by atoms with Gasteiger partial charge in [0.1, 0.15) is 42.7 Å². The van der Waals surface area contributed by atoms with Crippen LogP contribution in [-0.2, 0) is 14.2 Å². The molecular weight excluding hydrogens is 304 g/mol. The smallest absolute Gasteiger partial charge is 0.184 e. The van der Waals surface area contributed by atoms with E-state index in [4.69, 9.17) is 14.2 Å². The average molecular weight is 326 g/mol. The van der Waals surface area contributed by atoms with E-state index in [0.717, 1.165) is 0 Å². The zero-order chi connectivity index (χ0) is 16.6. The van der Waals surface area contributed by atoms with E-state index in [2.05, 4.69) is 0 Å². The van der Waals surface area contributed by atoms with Gasteiger partial charge in [0.15, 0.2) is 12.6 Å². The zero-order valence-corrected chi connectivity index (χ0v) is 11.8. The third kappa shape index (κ3) is 3.41. The highest BCUT2D eigenvalue weighted by Gasteiger charge is 2.46. The molecule has 130 valence electrons. The summed E-state index contributed by atoms with van der Waals surface area (Å²) in [6, 6.07) is 0.